The highest BCUT2D eigenvalue weighted by Crippen LogP contribution is 2.34. The maximum atomic E-state index is 5.33. The summed E-state index contributed by atoms with van der Waals surface area (Å²) in [4.78, 5) is 6.92. The summed E-state index contributed by atoms with van der Waals surface area (Å²) in [5.74, 6) is 0.943. The zero-order valence-electron chi connectivity index (χ0n) is 11.1. The molecule has 19 heavy (non-hydrogen) atoms. The van der Waals surface area contributed by atoms with E-state index in [4.69, 9.17) is 4.74 Å². The molecule has 1 saturated heterocycles. The molecule has 3 nitrogen and oxygen atoms in total. The molecule has 2 aromatic rings. The Morgan fingerprint density at radius 1 is 1.47 bits per heavy atom. The van der Waals surface area contributed by atoms with Gasteiger partial charge in [-0.05, 0) is 37.1 Å². The van der Waals surface area contributed by atoms with E-state index in [0.717, 1.165) is 18.8 Å². The molecule has 3 rings (SSSR count). The van der Waals surface area contributed by atoms with Gasteiger partial charge in [0.2, 0.25) is 0 Å². The number of hydrogen-bond donors (Lipinski definition) is 0. The summed E-state index contributed by atoms with van der Waals surface area (Å²) < 4.78 is 5.33. The molecule has 0 N–H and O–H groups in total. The van der Waals surface area contributed by atoms with Crippen molar-refractivity contribution in [1.82, 2.24) is 9.88 Å². The second-order valence-corrected chi connectivity index (χ2v) is 5.81. The first kappa shape index (κ1) is 12.6. The number of likely N-dealkylation sites (tertiary alicyclic amines) is 1. The molecular weight excluding hydrogens is 256 g/mol. The van der Waals surface area contributed by atoms with Crippen molar-refractivity contribution >= 4 is 11.3 Å². The number of benzene rings is 1. The summed E-state index contributed by atoms with van der Waals surface area (Å²) in [6.07, 6.45) is 4.36. The molecule has 4 heteroatoms. The summed E-state index contributed by atoms with van der Waals surface area (Å²) in [6, 6.07) is 8.94. The van der Waals surface area contributed by atoms with Crippen molar-refractivity contribution in [1.29, 1.82) is 0 Å². The van der Waals surface area contributed by atoms with Gasteiger partial charge in [0.15, 0.2) is 0 Å². The minimum Gasteiger partial charge on any atom is -0.497 e. The fourth-order valence-electron chi connectivity index (χ4n) is 2.75. The van der Waals surface area contributed by atoms with Crippen LogP contribution in [0.4, 0.5) is 0 Å². The lowest BCUT2D eigenvalue weighted by Crippen LogP contribution is -2.22. The highest BCUT2D eigenvalue weighted by molar-refractivity contribution is 7.09. The van der Waals surface area contributed by atoms with E-state index in [9.17, 15) is 0 Å². The average Bonchev–Trinajstić information content (AvgIpc) is 3.11. The van der Waals surface area contributed by atoms with E-state index in [2.05, 4.69) is 28.1 Å². The fourth-order valence-corrected chi connectivity index (χ4v) is 3.39. The maximum absolute atomic E-state index is 5.33. The molecule has 100 valence electrons. The van der Waals surface area contributed by atoms with Crippen molar-refractivity contribution in [3.63, 3.8) is 0 Å². The van der Waals surface area contributed by atoms with Gasteiger partial charge in [0.05, 0.1) is 13.7 Å². The number of thiazole rings is 1. The van der Waals surface area contributed by atoms with Gasteiger partial charge < -0.3 is 4.74 Å². The van der Waals surface area contributed by atoms with Crippen LogP contribution in [0.25, 0.3) is 0 Å². The SMILES string of the molecule is COc1cccc([C@@H]2CCCN2Cc2nccs2)c1. The van der Waals surface area contributed by atoms with Crippen LogP contribution in [0.3, 0.4) is 0 Å². The Morgan fingerprint density at radius 2 is 2.42 bits per heavy atom. The standard InChI is InChI=1S/C15H18N2OS/c1-18-13-5-2-4-12(10-13)14-6-3-8-17(14)11-15-16-7-9-19-15/h2,4-5,7,9-10,14H,3,6,8,11H2,1H3/t14-/m0/s1. The van der Waals surface area contributed by atoms with Crippen molar-refractivity contribution in [3.8, 4) is 5.75 Å². The van der Waals surface area contributed by atoms with Crippen molar-refractivity contribution < 1.29 is 4.74 Å². The van der Waals surface area contributed by atoms with Crippen LogP contribution in [-0.4, -0.2) is 23.5 Å². The van der Waals surface area contributed by atoms with Gasteiger partial charge in [-0.2, -0.15) is 0 Å². The molecule has 0 saturated carbocycles. The number of hydrogen-bond acceptors (Lipinski definition) is 4. The third-order valence-electron chi connectivity index (χ3n) is 3.66. The van der Waals surface area contributed by atoms with Crippen molar-refractivity contribution in [2.45, 2.75) is 25.4 Å². The van der Waals surface area contributed by atoms with Crippen molar-refractivity contribution in [3.05, 3.63) is 46.4 Å². The summed E-state index contributed by atoms with van der Waals surface area (Å²) in [5, 5.41) is 3.25. The zero-order chi connectivity index (χ0) is 13.1. The summed E-state index contributed by atoms with van der Waals surface area (Å²) in [7, 11) is 1.72. The minimum absolute atomic E-state index is 0.499. The van der Waals surface area contributed by atoms with Crippen LogP contribution in [0.1, 0.15) is 29.5 Å². The second kappa shape index (κ2) is 5.72. The Morgan fingerprint density at radius 3 is 3.21 bits per heavy atom. The van der Waals surface area contributed by atoms with Gasteiger partial charge in [-0.3, -0.25) is 4.90 Å². The van der Waals surface area contributed by atoms with Gasteiger partial charge in [0.25, 0.3) is 0 Å². The van der Waals surface area contributed by atoms with E-state index in [1.54, 1.807) is 18.4 Å². The molecule has 1 aliphatic heterocycles. The lowest BCUT2D eigenvalue weighted by atomic mass is 10.0. The van der Waals surface area contributed by atoms with Crippen LogP contribution in [0, 0.1) is 0 Å². The first-order chi connectivity index (χ1) is 9.36. The number of nitrogens with zero attached hydrogens (tertiary/aromatic N) is 2. The lowest BCUT2D eigenvalue weighted by molar-refractivity contribution is 0.247. The molecular formula is C15H18N2OS. The highest BCUT2D eigenvalue weighted by atomic mass is 32.1. The second-order valence-electron chi connectivity index (χ2n) is 4.83. The van der Waals surface area contributed by atoms with Crippen LogP contribution < -0.4 is 4.74 Å². The predicted octanol–water partition coefficient (Wildman–Crippen LogP) is 3.49. The Hall–Kier alpha value is -1.39. The van der Waals surface area contributed by atoms with Crippen molar-refractivity contribution in [2.24, 2.45) is 0 Å². The molecule has 0 radical (unpaired) electrons. The molecule has 1 aromatic carbocycles. The Balaban J connectivity index is 1.78. The van der Waals surface area contributed by atoms with Gasteiger partial charge in [-0.25, -0.2) is 4.98 Å². The molecule has 0 spiro atoms. The molecule has 1 aliphatic rings. The lowest BCUT2D eigenvalue weighted by Gasteiger charge is -2.24. The van der Waals surface area contributed by atoms with Crippen LogP contribution in [0.15, 0.2) is 35.8 Å². The number of ether oxygens (including phenoxy) is 1. The van der Waals surface area contributed by atoms with Gasteiger partial charge in [0, 0.05) is 17.6 Å². The highest BCUT2D eigenvalue weighted by Gasteiger charge is 2.26. The quantitative estimate of drug-likeness (QED) is 0.853. The minimum atomic E-state index is 0.499. The largest absolute Gasteiger partial charge is 0.497 e. The molecule has 0 aliphatic carbocycles. The number of methoxy groups -OCH3 is 1. The zero-order valence-corrected chi connectivity index (χ0v) is 11.9. The molecule has 0 unspecified atom stereocenters. The van der Waals surface area contributed by atoms with Gasteiger partial charge >= 0.3 is 0 Å². The number of aromatic nitrogens is 1. The third-order valence-corrected chi connectivity index (χ3v) is 4.43. The maximum Gasteiger partial charge on any atom is 0.119 e. The van der Waals surface area contributed by atoms with E-state index >= 15 is 0 Å². The normalized spacial score (nSPS) is 19.7. The molecule has 1 atom stereocenters. The van der Waals surface area contributed by atoms with Crippen LogP contribution in [0.5, 0.6) is 5.75 Å². The molecule has 1 fully saturated rings. The van der Waals surface area contributed by atoms with E-state index in [1.165, 1.54) is 23.4 Å². The Bertz CT molecular complexity index is 527. The van der Waals surface area contributed by atoms with Crippen LogP contribution in [0.2, 0.25) is 0 Å². The topological polar surface area (TPSA) is 25.4 Å². The first-order valence-electron chi connectivity index (χ1n) is 6.63. The summed E-state index contributed by atoms with van der Waals surface area (Å²) in [6.45, 7) is 2.11. The molecule has 2 heterocycles. The van der Waals surface area contributed by atoms with Gasteiger partial charge in [-0.1, -0.05) is 12.1 Å². The Kier molecular flexibility index (Phi) is 3.80. The van der Waals surface area contributed by atoms with E-state index < -0.39 is 0 Å². The molecule has 0 bridgehead atoms. The summed E-state index contributed by atoms with van der Waals surface area (Å²) in [5.41, 5.74) is 1.36. The first-order valence-corrected chi connectivity index (χ1v) is 7.51. The van der Waals surface area contributed by atoms with Crippen LogP contribution in [-0.2, 0) is 6.54 Å². The Labute approximate surface area is 117 Å². The molecule has 1 aromatic heterocycles. The predicted molar refractivity (Wildman–Crippen MR) is 77.5 cm³/mol. The third kappa shape index (κ3) is 2.80. The van der Waals surface area contributed by atoms with E-state index in [0.29, 0.717) is 6.04 Å². The summed E-state index contributed by atoms with van der Waals surface area (Å²) >= 11 is 1.74. The monoisotopic (exact) mass is 274 g/mol. The van der Waals surface area contributed by atoms with E-state index in [1.807, 2.05) is 17.6 Å². The smallest absolute Gasteiger partial charge is 0.119 e. The fraction of sp³-hybridized carbons (Fsp3) is 0.400. The van der Waals surface area contributed by atoms with Gasteiger partial charge in [-0.15, -0.1) is 11.3 Å². The average molecular weight is 274 g/mol. The van der Waals surface area contributed by atoms with E-state index in [-0.39, 0.29) is 0 Å². The van der Waals surface area contributed by atoms with Crippen molar-refractivity contribution in [2.75, 3.05) is 13.7 Å². The van der Waals surface area contributed by atoms with Crippen LogP contribution >= 0.6 is 11.3 Å². The molecule has 0 amide bonds. The number of rotatable bonds is 4. The van der Waals surface area contributed by atoms with Gasteiger partial charge in [0.1, 0.15) is 10.8 Å².